The van der Waals surface area contributed by atoms with Crippen LogP contribution in [0.1, 0.15) is 6.92 Å². The molecule has 13 heavy (non-hydrogen) atoms. The Morgan fingerprint density at radius 3 is 2.46 bits per heavy atom. The van der Waals surface area contributed by atoms with Crippen LogP contribution in [-0.2, 0) is 9.59 Å². The van der Waals surface area contributed by atoms with Gasteiger partial charge in [-0.15, -0.1) is 10.2 Å². The third-order valence-corrected chi connectivity index (χ3v) is 1.19. The van der Waals surface area contributed by atoms with Crippen molar-refractivity contribution in [3.05, 3.63) is 12.7 Å². The van der Waals surface area contributed by atoms with Gasteiger partial charge < -0.3 is 5.32 Å². The maximum atomic E-state index is 11.0. The Hall–Kier alpha value is -1.92. The number of aromatic nitrogens is 3. The van der Waals surface area contributed by atoms with Gasteiger partial charge in [-0.05, 0) is 6.92 Å². The van der Waals surface area contributed by atoms with E-state index in [0.717, 1.165) is 0 Å². The highest BCUT2D eigenvalue weighted by Crippen LogP contribution is 1.76. The van der Waals surface area contributed by atoms with E-state index < -0.39 is 11.8 Å². The van der Waals surface area contributed by atoms with E-state index >= 15 is 0 Å². The quantitative estimate of drug-likeness (QED) is 0.545. The first-order valence-corrected chi connectivity index (χ1v) is 3.68. The van der Waals surface area contributed by atoms with Crippen molar-refractivity contribution in [1.29, 1.82) is 0 Å². The second kappa shape index (κ2) is 4.19. The van der Waals surface area contributed by atoms with Crippen molar-refractivity contribution in [3.63, 3.8) is 0 Å². The fraction of sp³-hybridized carbons (Fsp3) is 0.333. The monoisotopic (exact) mass is 183 g/mol. The lowest BCUT2D eigenvalue weighted by Gasteiger charge is -2.03. The number of nitrogens with one attached hydrogen (secondary N) is 2. The standard InChI is InChI=1S/C6H9N5O2/c1-2-7-5(12)6(13)10-11-3-8-9-4-11/h3-4H,2H2,1H3,(H,7,12)(H,10,13). The summed E-state index contributed by atoms with van der Waals surface area (Å²) in [5.41, 5.74) is 2.25. The van der Waals surface area contributed by atoms with Gasteiger partial charge in [0.25, 0.3) is 0 Å². The molecule has 0 aliphatic carbocycles. The molecule has 7 heteroatoms. The van der Waals surface area contributed by atoms with Crippen molar-refractivity contribution in [2.75, 3.05) is 12.0 Å². The average molecular weight is 183 g/mol. The lowest BCUT2D eigenvalue weighted by Crippen LogP contribution is -2.38. The second-order valence-corrected chi connectivity index (χ2v) is 2.17. The van der Waals surface area contributed by atoms with Gasteiger partial charge in [0.2, 0.25) is 0 Å². The Labute approximate surface area is 74.1 Å². The molecule has 1 heterocycles. The summed E-state index contributed by atoms with van der Waals surface area (Å²) in [6, 6.07) is 0. The van der Waals surface area contributed by atoms with Gasteiger partial charge in [0.05, 0.1) is 0 Å². The van der Waals surface area contributed by atoms with E-state index in [1.807, 2.05) is 0 Å². The predicted octanol–water partition coefficient (Wildman–Crippen LogP) is -1.52. The molecule has 70 valence electrons. The molecule has 2 amide bonds. The maximum absolute atomic E-state index is 11.0. The Kier molecular flexibility index (Phi) is 2.96. The van der Waals surface area contributed by atoms with E-state index in [9.17, 15) is 9.59 Å². The van der Waals surface area contributed by atoms with Gasteiger partial charge in [-0.2, -0.15) is 0 Å². The van der Waals surface area contributed by atoms with E-state index in [-0.39, 0.29) is 0 Å². The van der Waals surface area contributed by atoms with Crippen LogP contribution in [0, 0.1) is 0 Å². The Bertz CT molecular complexity index is 294. The number of nitrogens with zero attached hydrogens (tertiary/aromatic N) is 3. The summed E-state index contributed by atoms with van der Waals surface area (Å²) in [6.45, 7) is 2.14. The van der Waals surface area contributed by atoms with E-state index in [1.54, 1.807) is 6.92 Å². The normalized spacial score (nSPS) is 9.31. The molecule has 2 N–H and O–H groups in total. The first kappa shape index (κ1) is 9.17. The SMILES string of the molecule is CCNC(=O)C(=O)Nn1cnnc1. The van der Waals surface area contributed by atoms with Crippen LogP contribution in [0.15, 0.2) is 12.7 Å². The van der Waals surface area contributed by atoms with Crippen LogP contribution in [0.3, 0.4) is 0 Å². The molecule has 0 radical (unpaired) electrons. The Morgan fingerprint density at radius 1 is 1.31 bits per heavy atom. The molecule has 0 unspecified atom stereocenters. The lowest BCUT2D eigenvalue weighted by molar-refractivity contribution is -0.136. The molecule has 0 atom stereocenters. The highest BCUT2D eigenvalue weighted by molar-refractivity contribution is 6.38. The number of hydrogen-bond acceptors (Lipinski definition) is 4. The molecule has 7 nitrogen and oxygen atoms in total. The highest BCUT2D eigenvalue weighted by atomic mass is 16.2. The fourth-order valence-corrected chi connectivity index (χ4v) is 0.667. The average Bonchev–Trinajstić information content (AvgIpc) is 2.57. The highest BCUT2D eigenvalue weighted by Gasteiger charge is 2.11. The third-order valence-electron chi connectivity index (χ3n) is 1.19. The lowest BCUT2D eigenvalue weighted by atomic mass is 10.5. The summed E-state index contributed by atoms with van der Waals surface area (Å²) >= 11 is 0. The molecule has 1 rings (SSSR count). The second-order valence-electron chi connectivity index (χ2n) is 2.17. The molecule has 0 fully saturated rings. The largest absolute Gasteiger partial charge is 0.348 e. The van der Waals surface area contributed by atoms with Crippen LogP contribution in [0.4, 0.5) is 0 Å². The number of amides is 2. The summed E-state index contributed by atoms with van der Waals surface area (Å²) in [5.74, 6) is -1.43. The molecule has 0 aliphatic rings. The van der Waals surface area contributed by atoms with Gasteiger partial charge in [-0.25, -0.2) is 4.68 Å². The predicted molar refractivity (Wildman–Crippen MR) is 43.1 cm³/mol. The van der Waals surface area contributed by atoms with Gasteiger partial charge >= 0.3 is 11.8 Å². The molecule has 0 bridgehead atoms. The number of rotatable bonds is 2. The molecule has 0 saturated heterocycles. The van der Waals surface area contributed by atoms with Gasteiger partial charge in [-0.3, -0.25) is 15.0 Å². The zero-order valence-electron chi connectivity index (χ0n) is 7.02. The molecule has 1 aromatic rings. The van der Waals surface area contributed by atoms with Gasteiger partial charge in [0.1, 0.15) is 12.7 Å². The van der Waals surface area contributed by atoms with Crippen molar-refractivity contribution in [2.45, 2.75) is 6.92 Å². The van der Waals surface area contributed by atoms with Crippen LogP contribution in [0.5, 0.6) is 0 Å². The molecule has 0 saturated carbocycles. The minimum atomic E-state index is -0.748. The zero-order valence-corrected chi connectivity index (χ0v) is 7.02. The fourth-order valence-electron chi connectivity index (χ4n) is 0.667. The minimum absolute atomic E-state index is 0.411. The molecule has 0 spiro atoms. The van der Waals surface area contributed by atoms with Crippen LogP contribution in [0.2, 0.25) is 0 Å². The summed E-state index contributed by atoms with van der Waals surface area (Å²) < 4.78 is 1.19. The number of hydrogen-bond donors (Lipinski definition) is 2. The van der Waals surface area contributed by atoms with Gasteiger partial charge in [0.15, 0.2) is 0 Å². The van der Waals surface area contributed by atoms with E-state index in [1.165, 1.54) is 17.3 Å². The van der Waals surface area contributed by atoms with E-state index in [2.05, 4.69) is 20.9 Å². The third kappa shape index (κ3) is 2.55. The zero-order chi connectivity index (χ0) is 9.68. The van der Waals surface area contributed by atoms with Gasteiger partial charge in [-0.1, -0.05) is 0 Å². The van der Waals surface area contributed by atoms with Gasteiger partial charge in [0, 0.05) is 6.54 Å². The number of carbonyl (C=O) groups is 2. The smallest absolute Gasteiger partial charge is 0.328 e. The van der Waals surface area contributed by atoms with Crippen molar-refractivity contribution < 1.29 is 9.59 Å². The summed E-state index contributed by atoms with van der Waals surface area (Å²) in [4.78, 5) is 21.9. The first-order chi connectivity index (χ1) is 6.24. The maximum Gasteiger partial charge on any atom is 0.328 e. The topological polar surface area (TPSA) is 88.9 Å². The van der Waals surface area contributed by atoms with Crippen molar-refractivity contribution in [2.24, 2.45) is 0 Å². The van der Waals surface area contributed by atoms with Crippen LogP contribution >= 0.6 is 0 Å². The first-order valence-electron chi connectivity index (χ1n) is 3.68. The Balaban J connectivity index is 2.46. The minimum Gasteiger partial charge on any atom is -0.348 e. The van der Waals surface area contributed by atoms with Crippen LogP contribution < -0.4 is 10.7 Å². The van der Waals surface area contributed by atoms with Crippen LogP contribution in [-0.4, -0.2) is 33.2 Å². The molecule has 1 aromatic heterocycles. The summed E-state index contributed by atoms with van der Waals surface area (Å²) in [5, 5.41) is 9.25. The number of carbonyl (C=O) groups excluding carboxylic acids is 2. The number of likely N-dealkylation sites (N-methyl/N-ethyl adjacent to an activating group) is 1. The molecule has 0 aromatic carbocycles. The summed E-state index contributed by atoms with van der Waals surface area (Å²) in [6.07, 6.45) is 2.55. The van der Waals surface area contributed by atoms with Crippen molar-refractivity contribution >= 4 is 11.8 Å². The van der Waals surface area contributed by atoms with E-state index in [4.69, 9.17) is 0 Å². The molecular formula is C6H9N5O2. The molecular weight excluding hydrogens is 174 g/mol. The van der Waals surface area contributed by atoms with E-state index in [0.29, 0.717) is 6.54 Å². The Morgan fingerprint density at radius 2 is 1.92 bits per heavy atom. The van der Waals surface area contributed by atoms with Crippen LogP contribution in [0.25, 0.3) is 0 Å². The van der Waals surface area contributed by atoms with Crippen molar-refractivity contribution in [1.82, 2.24) is 20.2 Å². The van der Waals surface area contributed by atoms with Crippen molar-refractivity contribution in [3.8, 4) is 0 Å². The molecule has 0 aliphatic heterocycles. The summed E-state index contributed by atoms with van der Waals surface area (Å²) in [7, 11) is 0.